The smallest absolute Gasteiger partial charge is 0.159 e. The highest BCUT2D eigenvalue weighted by Crippen LogP contribution is 2.17. The molecule has 0 aromatic heterocycles. The molecule has 1 fully saturated rings. The number of nitrogens with one attached hydrogen (secondary N) is 1. The minimum absolute atomic E-state index is 0.582. The Kier molecular flexibility index (Phi) is 1.74. The molecule has 0 amide bonds. The van der Waals surface area contributed by atoms with Crippen LogP contribution in [-0.2, 0) is 4.74 Å². The summed E-state index contributed by atoms with van der Waals surface area (Å²) in [6.45, 7) is 2.65. The maximum Gasteiger partial charge on any atom is 0.159 e. The molecule has 2 aliphatic rings. The molecule has 62 valence electrons. The van der Waals surface area contributed by atoms with Crippen LogP contribution in [0.25, 0.3) is 0 Å². The second-order valence-corrected chi connectivity index (χ2v) is 2.85. The van der Waals surface area contributed by atoms with E-state index >= 15 is 0 Å². The summed E-state index contributed by atoms with van der Waals surface area (Å²) in [6.07, 6.45) is 10.1. The van der Waals surface area contributed by atoms with Crippen LogP contribution in [0, 0.1) is 0 Å². The van der Waals surface area contributed by atoms with Gasteiger partial charge in [-0.15, -0.1) is 0 Å². The van der Waals surface area contributed by atoms with Crippen molar-refractivity contribution >= 4 is 0 Å². The Bertz CT molecular complexity index is 308. The molecule has 0 saturated carbocycles. The van der Waals surface area contributed by atoms with E-state index in [1.165, 1.54) is 5.57 Å². The quantitative estimate of drug-likeness (QED) is 0.585. The Labute approximate surface area is 71.9 Å². The lowest BCUT2D eigenvalue weighted by Gasteiger charge is -1.98. The van der Waals surface area contributed by atoms with E-state index in [-0.39, 0.29) is 0 Å². The van der Waals surface area contributed by atoms with Gasteiger partial charge in [0.25, 0.3) is 0 Å². The third kappa shape index (κ3) is 1.28. The Morgan fingerprint density at radius 1 is 1.33 bits per heavy atom. The van der Waals surface area contributed by atoms with Crippen LogP contribution in [0.5, 0.6) is 0 Å². The standard InChI is InChI=1S/C10H11NO/c1-8-3-2-4-10-9(6-5-8)11-7-12-10/h2-6,11H,7H2,1H3/b3-2+,4-2?,6-5?,8-3?,8-5+,9-6+,10-4+. The Morgan fingerprint density at radius 3 is 3.17 bits per heavy atom. The Hall–Kier alpha value is -1.44. The molecule has 12 heavy (non-hydrogen) atoms. The van der Waals surface area contributed by atoms with Crippen LogP contribution in [0.15, 0.2) is 47.4 Å². The first kappa shape index (κ1) is 7.22. The number of hydrogen-bond acceptors (Lipinski definition) is 2. The fourth-order valence-corrected chi connectivity index (χ4v) is 1.19. The van der Waals surface area contributed by atoms with E-state index in [1.807, 2.05) is 18.2 Å². The van der Waals surface area contributed by atoms with Crippen molar-refractivity contribution in [1.82, 2.24) is 5.32 Å². The average molecular weight is 161 g/mol. The molecule has 0 unspecified atom stereocenters. The predicted octanol–water partition coefficient (Wildman–Crippen LogP) is 1.85. The largest absolute Gasteiger partial charge is 0.471 e. The molecule has 2 nitrogen and oxygen atoms in total. The third-order valence-electron chi connectivity index (χ3n) is 1.88. The van der Waals surface area contributed by atoms with Gasteiger partial charge in [-0.25, -0.2) is 0 Å². The molecule has 2 heteroatoms. The average Bonchev–Trinajstić information content (AvgIpc) is 2.45. The van der Waals surface area contributed by atoms with E-state index in [0.717, 1.165) is 11.5 Å². The van der Waals surface area contributed by atoms with E-state index in [4.69, 9.17) is 4.74 Å². The first-order chi connectivity index (χ1) is 5.86. The number of hydrogen-bond donors (Lipinski definition) is 1. The lowest BCUT2D eigenvalue weighted by molar-refractivity contribution is 0.254. The molecule has 2 rings (SSSR count). The molecular formula is C10H11NO. The van der Waals surface area contributed by atoms with Crippen LogP contribution in [-0.4, -0.2) is 6.73 Å². The van der Waals surface area contributed by atoms with Crippen molar-refractivity contribution in [3.05, 3.63) is 47.4 Å². The molecule has 1 aliphatic heterocycles. The fourth-order valence-electron chi connectivity index (χ4n) is 1.19. The summed E-state index contributed by atoms with van der Waals surface area (Å²) in [6, 6.07) is 0. The van der Waals surface area contributed by atoms with E-state index in [1.54, 1.807) is 0 Å². The van der Waals surface area contributed by atoms with Crippen molar-refractivity contribution in [3.8, 4) is 0 Å². The first-order valence-corrected chi connectivity index (χ1v) is 4.00. The minimum Gasteiger partial charge on any atom is -0.471 e. The maximum atomic E-state index is 5.33. The van der Waals surface area contributed by atoms with Crippen molar-refractivity contribution in [3.63, 3.8) is 0 Å². The number of fused-ring (bicyclic) bond motifs is 1. The summed E-state index contributed by atoms with van der Waals surface area (Å²) in [5.74, 6) is 0.926. The second-order valence-electron chi connectivity index (χ2n) is 2.85. The highest BCUT2D eigenvalue weighted by Gasteiger charge is 2.12. The summed E-state index contributed by atoms with van der Waals surface area (Å²) in [5, 5.41) is 3.14. The Morgan fingerprint density at radius 2 is 2.25 bits per heavy atom. The van der Waals surface area contributed by atoms with Crippen LogP contribution in [0.1, 0.15) is 6.92 Å². The van der Waals surface area contributed by atoms with E-state index in [0.29, 0.717) is 6.73 Å². The molecule has 0 spiro atoms. The molecule has 1 N–H and O–H groups in total. The van der Waals surface area contributed by atoms with Gasteiger partial charge in [0.2, 0.25) is 0 Å². The van der Waals surface area contributed by atoms with Crippen LogP contribution >= 0.6 is 0 Å². The summed E-state index contributed by atoms with van der Waals surface area (Å²) in [5.41, 5.74) is 2.31. The monoisotopic (exact) mass is 161 g/mol. The van der Waals surface area contributed by atoms with Gasteiger partial charge in [0, 0.05) is 0 Å². The van der Waals surface area contributed by atoms with Crippen molar-refractivity contribution in [2.75, 3.05) is 6.73 Å². The van der Waals surface area contributed by atoms with Gasteiger partial charge in [0.1, 0.15) is 5.76 Å². The molecule has 1 heterocycles. The highest BCUT2D eigenvalue weighted by molar-refractivity contribution is 5.38. The zero-order chi connectivity index (χ0) is 8.39. The SMILES string of the molecule is CC1=C\C=C2\NCO\C2=C\C=C\1. The number of ether oxygens (including phenoxy) is 1. The summed E-state index contributed by atoms with van der Waals surface area (Å²) < 4.78 is 5.33. The van der Waals surface area contributed by atoms with Crippen LogP contribution < -0.4 is 5.32 Å². The summed E-state index contributed by atoms with van der Waals surface area (Å²) in [4.78, 5) is 0. The lowest BCUT2D eigenvalue weighted by atomic mass is 10.2. The zero-order valence-corrected chi connectivity index (χ0v) is 7.00. The highest BCUT2D eigenvalue weighted by atomic mass is 16.5. The third-order valence-corrected chi connectivity index (χ3v) is 1.88. The normalized spacial score (nSPS) is 36.2. The maximum absolute atomic E-state index is 5.33. The molecule has 1 aliphatic carbocycles. The molecule has 0 aromatic carbocycles. The second kappa shape index (κ2) is 2.89. The minimum atomic E-state index is 0.582. The van der Waals surface area contributed by atoms with Crippen molar-refractivity contribution in [2.45, 2.75) is 6.92 Å². The van der Waals surface area contributed by atoms with E-state index in [9.17, 15) is 0 Å². The summed E-state index contributed by atoms with van der Waals surface area (Å²) in [7, 11) is 0. The van der Waals surface area contributed by atoms with Crippen LogP contribution in [0.2, 0.25) is 0 Å². The lowest BCUT2D eigenvalue weighted by Crippen LogP contribution is -2.03. The molecule has 1 saturated heterocycles. The van der Waals surface area contributed by atoms with Gasteiger partial charge in [-0.3, -0.25) is 0 Å². The Balaban J connectivity index is 2.36. The molecule has 0 radical (unpaired) electrons. The van der Waals surface area contributed by atoms with Gasteiger partial charge in [0.15, 0.2) is 6.73 Å². The summed E-state index contributed by atoms with van der Waals surface area (Å²) >= 11 is 0. The van der Waals surface area contributed by atoms with Crippen molar-refractivity contribution in [1.29, 1.82) is 0 Å². The van der Waals surface area contributed by atoms with Crippen molar-refractivity contribution < 1.29 is 4.74 Å². The van der Waals surface area contributed by atoms with Crippen LogP contribution in [0.3, 0.4) is 0 Å². The van der Waals surface area contributed by atoms with Gasteiger partial charge in [-0.1, -0.05) is 23.8 Å². The first-order valence-electron chi connectivity index (χ1n) is 4.00. The molecule has 0 atom stereocenters. The van der Waals surface area contributed by atoms with E-state index in [2.05, 4.69) is 24.4 Å². The van der Waals surface area contributed by atoms with Gasteiger partial charge >= 0.3 is 0 Å². The van der Waals surface area contributed by atoms with Gasteiger partial charge in [-0.05, 0) is 19.1 Å². The fraction of sp³-hybridized carbons (Fsp3) is 0.200. The number of rotatable bonds is 0. The topological polar surface area (TPSA) is 21.3 Å². The van der Waals surface area contributed by atoms with E-state index < -0.39 is 0 Å². The van der Waals surface area contributed by atoms with Crippen molar-refractivity contribution in [2.24, 2.45) is 0 Å². The molecule has 0 bridgehead atoms. The van der Waals surface area contributed by atoms with Gasteiger partial charge in [-0.2, -0.15) is 0 Å². The van der Waals surface area contributed by atoms with Gasteiger partial charge in [0.05, 0.1) is 5.70 Å². The zero-order valence-electron chi connectivity index (χ0n) is 7.00. The molecule has 0 aromatic rings. The van der Waals surface area contributed by atoms with Crippen LogP contribution in [0.4, 0.5) is 0 Å². The number of allylic oxidation sites excluding steroid dienone is 6. The van der Waals surface area contributed by atoms with Gasteiger partial charge < -0.3 is 10.1 Å². The molecular weight excluding hydrogens is 150 g/mol. The predicted molar refractivity (Wildman–Crippen MR) is 48.2 cm³/mol.